The van der Waals surface area contributed by atoms with Crippen molar-refractivity contribution in [1.82, 2.24) is 10.5 Å². The molecule has 1 aliphatic rings. The number of rotatable bonds is 2. The van der Waals surface area contributed by atoms with Crippen LogP contribution in [0.5, 0.6) is 0 Å². The molecule has 1 heterocycles. The highest BCUT2D eigenvalue weighted by molar-refractivity contribution is 8.12. The largest absolute Gasteiger partial charge is 0.273 e. The molecule has 0 fully saturated rings. The number of nitrogens with one attached hydrogen (secondary N) is 1. The van der Waals surface area contributed by atoms with E-state index >= 15 is 0 Å². The van der Waals surface area contributed by atoms with Crippen molar-refractivity contribution in [2.24, 2.45) is 5.10 Å². The van der Waals surface area contributed by atoms with Crippen molar-refractivity contribution in [1.29, 1.82) is 0 Å². The minimum Gasteiger partial charge on any atom is -0.273 e. The van der Waals surface area contributed by atoms with E-state index in [4.69, 9.17) is 0 Å². The number of carbonyl (C=O) groups excluding carboxylic acids is 1. The minimum absolute atomic E-state index is 0.000324. The Labute approximate surface area is 63.6 Å². The minimum atomic E-state index is -0.000324. The first-order chi connectivity index (χ1) is 4.83. The molecule has 0 spiro atoms. The Balaban J connectivity index is 2.24. The molecule has 0 bridgehead atoms. The van der Waals surface area contributed by atoms with Crippen molar-refractivity contribution < 1.29 is 4.79 Å². The molecule has 0 unspecified atom stereocenters. The summed E-state index contributed by atoms with van der Waals surface area (Å²) in [5, 5.41) is 5.39. The van der Waals surface area contributed by atoms with Crippen molar-refractivity contribution in [2.75, 3.05) is 5.88 Å². The summed E-state index contributed by atoms with van der Waals surface area (Å²) in [5.74, 6) is 0.714. The van der Waals surface area contributed by atoms with E-state index in [1.54, 1.807) is 17.3 Å². The van der Waals surface area contributed by atoms with Gasteiger partial charge in [-0.05, 0) is 0 Å². The van der Waals surface area contributed by atoms with Crippen LogP contribution >= 0.6 is 11.8 Å². The van der Waals surface area contributed by atoms with E-state index in [-0.39, 0.29) is 5.91 Å². The van der Waals surface area contributed by atoms with Crippen molar-refractivity contribution in [3.63, 3.8) is 0 Å². The lowest BCUT2D eigenvalue weighted by Gasteiger charge is -2.12. The average Bonchev–Trinajstić information content (AvgIpc) is 2.40. The Morgan fingerprint density at radius 1 is 2.00 bits per heavy atom. The fraction of sp³-hybridized carbons (Fsp3) is 0.600. The maximum absolute atomic E-state index is 10.7. The zero-order valence-corrected chi connectivity index (χ0v) is 6.52. The van der Waals surface area contributed by atoms with Crippen molar-refractivity contribution >= 4 is 23.2 Å². The number of nitrogens with zero attached hydrogens (tertiary/aromatic N) is 2. The third-order valence-corrected chi connectivity index (χ3v) is 1.67. The number of hydrazone groups is 1. The number of hydrogen-bond donors (Lipinski definition) is 1. The average molecular weight is 159 g/mol. The first-order valence-corrected chi connectivity index (χ1v) is 4.09. The van der Waals surface area contributed by atoms with Crippen LogP contribution in [0.2, 0.25) is 0 Å². The Bertz CT molecular complexity index is 159. The molecule has 1 aliphatic heterocycles. The van der Waals surface area contributed by atoms with Gasteiger partial charge < -0.3 is 0 Å². The predicted octanol–water partition coefficient (Wildman–Crippen LogP) is 0.377. The van der Waals surface area contributed by atoms with Crippen LogP contribution in [0.3, 0.4) is 0 Å². The smallest absolute Gasteiger partial charge is 0.239 e. The normalized spacial score (nSPS) is 15.9. The maximum Gasteiger partial charge on any atom is 0.239 e. The number of thioether (sulfide) groups is 1. The molecule has 4 nitrogen and oxygen atoms in total. The lowest BCUT2D eigenvalue weighted by molar-refractivity contribution is -0.125. The fourth-order valence-corrected chi connectivity index (χ4v) is 1.03. The highest BCUT2D eigenvalue weighted by Gasteiger charge is 2.07. The molecule has 10 heavy (non-hydrogen) atoms. The summed E-state index contributed by atoms with van der Waals surface area (Å²) in [5.41, 5.74) is 4.31. The van der Waals surface area contributed by atoms with Gasteiger partial charge >= 0.3 is 0 Å². The van der Waals surface area contributed by atoms with Gasteiger partial charge in [0.2, 0.25) is 5.91 Å². The molecule has 0 radical (unpaired) electrons. The maximum atomic E-state index is 10.7. The zero-order valence-electron chi connectivity index (χ0n) is 5.70. The molecule has 0 aromatic heterocycles. The molecular formula is C5H9N3OS. The Morgan fingerprint density at radius 2 is 2.80 bits per heavy atom. The van der Waals surface area contributed by atoms with Gasteiger partial charge in [0.1, 0.15) is 5.88 Å². The Morgan fingerprint density at radius 3 is 3.30 bits per heavy atom. The molecule has 5 heteroatoms. The third kappa shape index (κ3) is 1.91. The van der Waals surface area contributed by atoms with Gasteiger partial charge in [0.15, 0.2) is 0 Å². The SMILES string of the molecule is CCC(=O)NN1CSC=N1. The second-order valence-electron chi connectivity index (χ2n) is 1.80. The molecule has 0 aliphatic carbocycles. The second-order valence-corrected chi connectivity index (χ2v) is 2.61. The second kappa shape index (κ2) is 3.46. The first-order valence-electron chi connectivity index (χ1n) is 3.04. The standard InChI is InChI=1S/C5H9N3OS/c1-2-5(9)7-8-4-10-3-6-8/h3H,2,4H2,1H3,(H,7,9). The van der Waals surface area contributed by atoms with Crippen LogP contribution in [0.1, 0.15) is 13.3 Å². The van der Waals surface area contributed by atoms with E-state index in [0.717, 1.165) is 0 Å². The summed E-state index contributed by atoms with van der Waals surface area (Å²) in [7, 11) is 0. The van der Waals surface area contributed by atoms with Gasteiger partial charge in [-0.2, -0.15) is 10.2 Å². The molecule has 0 aromatic rings. The number of amides is 1. The molecule has 0 aromatic carbocycles. The summed E-state index contributed by atoms with van der Waals surface area (Å²) in [6.07, 6.45) is 0.497. The van der Waals surface area contributed by atoms with Crippen LogP contribution < -0.4 is 5.43 Å². The molecule has 1 N–H and O–H groups in total. The number of hydrazine groups is 1. The first kappa shape index (κ1) is 7.40. The Kier molecular flexibility index (Phi) is 2.56. The molecular weight excluding hydrogens is 150 g/mol. The van der Waals surface area contributed by atoms with Crippen molar-refractivity contribution in [3.05, 3.63) is 0 Å². The Hall–Kier alpha value is -0.710. The van der Waals surface area contributed by atoms with Gasteiger partial charge in [-0.25, -0.2) is 0 Å². The van der Waals surface area contributed by atoms with E-state index in [1.807, 2.05) is 6.92 Å². The summed E-state index contributed by atoms with van der Waals surface area (Å²) in [4.78, 5) is 10.7. The van der Waals surface area contributed by atoms with Crippen LogP contribution in [0.25, 0.3) is 0 Å². The lowest BCUT2D eigenvalue weighted by Crippen LogP contribution is -2.36. The summed E-state index contributed by atoms with van der Waals surface area (Å²) in [6.45, 7) is 1.81. The van der Waals surface area contributed by atoms with Crippen LogP contribution in [0.4, 0.5) is 0 Å². The topological polar surface area (TPSA) is 44.7 Å². The van der Waals surface area contributed by atoms with Gasteiger partial charge in [0, 0.05) is 6.42 Å². The van der Waals surface area contributed by atoms with Crippen molar-refractivity contribution in [2.45, 2.75) is 13.3 Å². The quantitative estimate of drug-likeness (QED) is 0.633. The molecule has 1 rings (SSSR count). The molecule has 56 valence electrons. The summed E-state index contributed by atoms with van der Waals surface area (Å²) < 4.78 is 0. The summed E-state index contributed by atoms with van der Waals surface area (Å²) >= 11 is 1.55. The molecule has 0 saturated carbocycles. The monoisotopic (exact) mass is 159 g/mol. The highest BCUT2D eigenvalue weighted by atomic mass is 32.2. The van der Waals surface area contributed by atoms with Gasteiger partial charge in [0.25, 0.3) is 0 Å². The number of hydrogen-bond acceptors (Lipinski definition) is 4. The fourth-order valence-electron chi connectivity index (χ4n) is 0.512. The molecule has 1 amide bonds. The van der Waals surface area contributed by atoms with Crippen LogP contribution in [0.15, 0.2) is 5.10 Å². The van der Waals surface area contributed by atoms with E-state index in [2.05, 4.69) is 10.5 Å². The summed E-state index contributed by atoms with van der Waals surface area (Å²) in [6, 6.07) is 0. The molecule has 0 saturated heterocycles. The predicted molar refractivity (Wildman–Crippen MR) is 41.2 cm³/mol. The zero-order chi connectivity index (χ0) is 7.40. The van der Waals surface area contributed by atoms with Gasteiger partial charge in [-0.3, -0.25) is 10.2 Å². The van der Waals surface area contributed by atoms with Crippen LogP contribution in [0, 0.1) is 0 Å². The van der Waals surface area contributed by atoms with Gasteiger partial charge in [0.05, 0.1) is 5.55 Å². The van der Waals surface area contributed by atoms with E-state index < -0.39 is 0 Å². The van der Waals surface area contributed by atoms with Gasteiger partial charge in [-0.15, -0.1) is 0 Å². The highest BCUT2D eigenvalue weighted by Crippen LogP contribution is 2.06. The van der Waals surface area contributed by atoms with E-state index in [0.29, 0.717) is 12.3 Å². The van der Waals surface area contributed by atoms with Gasteiger partial charge in [-0.1, -0.05) is 18.7 Å². The lowest BCUT2D eigenvalue weighted by atomic mass is 10.5. The van der Waals surface area contributed by atoms with Crippen LogP contribution in [-0.2, 0) is 4.79 Å². The van der Waals surface area contributed by atoms with Crippen LogP contribution in [-0.4, -0.2) is 22.4 Å². The van der Waals surface area contributed by atoms with Crippen molar-refractivity contribution in [3.8, 4) is 0 Å². The molecule has 0 atom stereocenters. The van der Waals surface area contributed by atoms with E-state index in [9.17, 15) is 4.79 Å². The number of carbonyl (C=O) groups is 1. The third-order valence-electron chi connectivity index (χ3n) is 1.03. The van der Waals surface area contributed by atoms with E-state index in [1.165, 1.54) is 5.12 Å².